The Morgan fingerprint density at radius 3 is 1.95 bits per heavy atom. The standard InChI is InChI=1S/C16H23NO4Si/c1-16(2,3)22(4,5)21-11-10-20-17-14(18)12-8-6-7-9-13(12)15(17)19/h6-9H,10-11H2,1-5H3. The van der Waals surface area contributed by atoms with Gasteiger partial charge in [-0.2, -0.15) is 0 Å². The van der Waals surface area contributed by atoms with Gasteiger partial charge in [-0.3, -0.25) is 14.4 Å². The predicted molar refractivity (Wildman–Crippen MR) is 86.0 cm³/mol. The number of nitrogens with zero attached hydrogens (tertiary/aromatic N) is 1. The number of rotatable bonds is 5. The van der Waals surface area contributed by atoms with Crippen molar-refractivity contribution < 1.29 is 18.9 Å². The number of hydrogen-bond acceptors (Lipinski definition) is 4. The Labute approximate surface area is 132 Å². The number of hydrogen-bond donors (Lipinski definition) is 0. The fourth-order valence-corrected chi connectivity index (χ4v) is 2.95. The van der Waals surface area contributed by atoms with E-state index in [-0.39, 0.29) is 11.6 Å². The van der Waals surface area contributed by atoms with Crippen LogP contribution in [0.25, 0.3) is 0 Å². The number of benzene rings is 1. The molecule has 1 aromatic rings. The number of hydroxylamine groups is 2. The van der Waals surface area contributed by atoms with Crippen molar-refractivity contribution in [2.45, 2.75) is 38.9 Å². The van der Waals surface area contributed by atoms with Crippen molar-refractivity contribution in [1.29, 1.82) is 0 Å². The number of carbonyl (C=O) groups is 2. The second-order valence-electron chi connectivity index (χ2n) is 6.89. The molecule has 0 radical (unpaired) electrons. The van der Waals surface area contributed by atoms with Gasteiger partial charge < -0.3 is 4.43 Å². The quantitative estimate of drug-likeness (QED) is 0.474. The Balaban J connectivity index is 1.90. The second-order valence-corrected chi connectivity index (χ2v) is 11.7. The number of fused-ring (bicyclic) bond motifs is 1. The maximum absolute atomic E-state index is 12.1. The molecular formula is C16H23NO4Si. The molecule has 1 aromatic carbocycles. The minimum Gasteiger partial charge on any atom is -0.414 e. The fourth-order valence-electron chi connectivity index (χ4n) is 1.93. The van der Waals surface area contributed by atoms with Crippen LogP contribution in [0.2, 0.25) is 18.1 Å². The van der Waals surface area contributed by atoms with Crippen molar-refractivity contribution in [2.24, 2.45) is 0 Å². The smallest absolute Gasteiger partial charge is 0.285 e. The lowest BCUT2D eigenvalue weighted by atomic mass is 10.1. The molecule has 2 rings (SSSR count). The lowest BCUT2D eigenvalue weighted by molar-refractivity contribution is -0.0984. The zero-order valence-electron chi connectivity index (χ0n) is 13.8. The van der Waals surface area contributed by atoms with Crippen molar-refractivity contribution in [3.05, 3.63) is 35.4 Å². The Kier molecular flexibility index (Phi) is 4.56. The maximum atomic E-state index is 12.1. The molecule has 5 nitrogen and oxygen atoms in total. The Bertz CT molecular complexity index is 557. The zero-order chi connectivity index (χ0) is 16.5. The molecule has 120 valence electrons. The first-order valence-electron chi connectivity index (χ1n) is 7.40. The molecule has 0 saturated heterocycles. The van der Waals surface area contributed by atoms with Gasteiger partial charge in [-0.1, -0.05) is 32.9 Å². The molecule has 0 aliphatic carbocycles. The summed E-state index contributed by atoms with van der Waals surface area (Å²) in [6.45, 7) is 11.3. The normalized spacial score (nSPS) is 15.4. The van der Waals surface area contributed by atoms with E-state index < -0.39 is 20.1 Å². The van der Waals surface area contributed by atoms with Crippen LogP contribution >= 0.6 is 0 Å². The van der Waals surface area contributed by atoms with Crippen molar-refractivity contribution in [3.8, 4) is 0 Å². The molecule has 1 heterocycles. The molecule has 0 unspecified atom stereocenters. The van der Waals surface area contributed by atoms with Gasteiger partial charge in [0.15, 0.2) is 8.32 Å². The molecular weight excluding hydrogens is 298 g/mol. The first kappa shape index (κ1) is 16.9. The molecule has 0 bridgehead atoms. The monoisotopic (exact) mass is 321 g/mol. The van der Waals surface area contributed by atoms with Crippen molar-refractivity contribution >= 4 is 20.1 Å². The van der Waals surface area contributed by atoms with Gasteiger partial charge in [0.2, 0.25) is 0 Å². The van der Waals surface area contributed by atoms with E-state index in [9.17, 15) is 9.59 Å². The summed E-state index contributed by atoms with van der Waals surface area (Å²) >= 11 is 0. The van der Waals surface area contributed by atoms with E-state index >= 15 is 0 Å². The molecule has 0 atom stereocenters. The van der Waals surface area contributed by atoms with Gasteiger partial charge in [-0.05, 0) is 30.3 Å². The summed E-state index contributed by atoms with van der Waals surface area (Å²) in [6, 6.07) is 6.72. The third kappa shape index (κ3) is 3.14. The summed E-state index contributed by atoms with van der Waals surface area (Å²) in [5.74, 6) is -0.819. The summed E-state index contributed by atoms with van der Waals surface area (Å²) in [5.41, 5.74) is 0.774. The van der Waals surface area contributed by atoms with E-state index in [1.54, 1.807) is 24.3 Å². The van der Waals surface area contributed by atoms with Gasteiger partial charge in [-0.15, -0.1) is 5.06 Å². The van der Waals surface area contributed by atoms with Gasteiger partial charge in [0.25, 0.3) is 11.8 Å². The van der Waals surface area contributed by atoms with E-state index in [1.165, 1.54) is 0 Å². The minimum atomic E-state index is -1.85. The van der Waals surface area contributed by atoms with Gasteiger partial charge in [0, 0.05) is 0 Å². The molecule has 0 saturated carbocycles. The minimum absolute atomic E-state index is 0.114. The maximum Gasteiger partial charge on any atom is 0.285 e. The van der Waals surface area contributed by atoms with Crippen LogP contribution in [0.15, 0.2) is 24.3 Å². The Hall–Kier alpha value is -1.50. The lowest BCUT2D eigenvalue weighted by Crippen LogP contribution is -2.42. The van der Waals surface area contributed by atoms with Crippen LogP contribution in [0.1, 0.15) is 41.5 Å². The first-order chi connectivity index (χ1) is 10.1. The second kappa shape index (κ2) is 5.95. The van der Waals surface area contributed by atoms with Crippen LogP contribution in [0.3, 0.4) is 0 Å². The summed E-state index contributed by atoms with van der Waals surface area (Å²) < 4.78 is 5.97. The topological polar surface area (TPSA) is 55.8 Å². The highest BCUT2D eigenvalue weighted by atomic mass is 28.4. The van der Waals surface area contributed by atoms with Crippen molar-refractivity contribution in [1.82, 2.24) is 5.06 Å². The van der Waals surface area contributed by atoms with Crippen LogP contribution in [0.5, 0.6) is 0 Å². The van der Waals surface area contributed by atoms with Gasteiger partial charge >= 0.3 is 0 Å². The third-order valence-electron chi connectivity index (χ3n) is 4.33. The summed E-state index contributed by atoms with van der Waals surface area (Å²) in [4.78, 5) is 29.6. The van der Waals surface area contributed by atoms with Crippen LogP contribution < -0.4 is 0 Å². The van der Waals surface area contributed by atoms with Crippen LogP contribution in [-0.2, 0) is 9.26 Å². The summed E-state index contributed by atoms with van der Waals surface area (Å²) in [6.07, 6.45) is 0. The van der Waals surface area contributed by atoms with Crippen LogP contribution in [-0.4, -0.2) is 38.4 Å². The van der Waals surface area contributed by atoms with E-state index in [1.807, 2.05) is 0 Å². The first-order valence-corrected chi connectivity index (χ1v) is 10.3. The number of amides is 2. The largest absolute Gasteiger partial charge is 0.414 e. The molecule has 6 heteroatoms. The summed E-state index contributed by atoms with van der Waals surface area (Å²) in [7, 11) is -1.85. The van der Waals surface area contributed by atoms with Gasteiger partial charge in [0.05, 0.1) is 24.3 Å². The number of carbonyl (C=O) groups excluding carboxylic acids is 2. The highest BCUT2D eigenvalue weighted by molar-refractivity contribution is 6.74. The molecule has 1 aliphatic rings. The third-order valence-corrected chi connectivity index (χ3v) is 8.87. The molecule has 22 heavy (non-hydrogen) atoms. The van der Waals surface area contributed by atoms with E-state index in [0.29, 0.717) is 17.7 Å². The van der Waals surface area contributed by atoms with E-state index in [4.69, 9.17) is 9.26 Å². The highest BCUT2D eigenvalue weighted by Gasteiger charge is 2.38. The lowest BCUT2D eigenvalue weighted by Gasteiger charge is -2.36. The average molecular weight is 321 g/mol. The fraction of sp³-hybridized carbons (Fsp3) is 0.500. The van der Waals surface area contributed by atoms with E-state index in [2.05, 4.69) is 33.9 Å². The SMILES string of the molecule is CC(C)(C)[Si](C)(C)OCCON1C(=O)c2ccccc2C1=O. The van der Waals surface area contributed by atoms with E-state index in [0.717, 1.165) is 5.06 Å². The Morgan fingerprint density at radius 1 is 1.00 bits per heavy atom. The van der Waals surface area contributed by atoms with Gasteiger partial charge in [0.1, 0.15) is 0 Å². The van der Waals surface area contributed by atoms with Gasteiger partial charge in [-0.25, -0.2) is 0 Å². The Morgan fingerprint density at radius 2 is 1.50 bits per heavy atom. The zero-order valence-corrected chi connectivity index (χ0v) is 14.8. The molecule has 0 N–H and O–H groups in total. The molecule has 0 fully saturated rings. The summed E-state index contributed by atoms with van der Waals surface area (Å²) in [5, 5.41) is 0.947. The van der Waals surface area contributed by atoms with Crippen molar-refractivity contribution in [2.75, 3.05) is 13.2 Å². The van der Waals surface area contributed by atoms with Crippen LogP contribution in [0.4, 0.5) is 0 Å². The highest BCUT2D eigenvalue weighted by Crippen LogP contribution is 2.36. The average Bonchev–Trinajstić information content (AvgIpc) is 2.67. The molecule has 1 aliphatic heterocycles. The predicted octanol–water partition coefficient (Wildman–Crippen LogP) is 3.24. The van der Waals surface area contributed by atoms with Crippen LogP contribution in [0, 0.1) is 0 Å². The van der Waals surface area contributed by atoms with Crippen molar-refractivity contribution in [3.63, 3.8) is 0 Å². The molecule has 0 aromatic heterocycles. The number of imide groups is 1. The molecule has 0 spiro atoms. The molecule has 2 amide bonds.